The van der Waals surface area contributed by atoms with Gasteiger partial charge in [-0.2, -0.15) is 0 Å². The molecule has 0 N–H and O–H groups in total. The molecular weight excluding hydrogens is 368 g/mol. The van der Waals surface area contributed by atoms with E-state index in [-0.39, 0.29) is 11.6 Å². The van der Waals surface area contributed by atoms with E-state index in [0.717, 1.165) is 20.8 Å². The molecule has 1 aliphatic rings. The van der Waals surface area contributed by atoms with E-state index in [0.29, 0.717) is 5.56 Å². The molecule has 1 aliphatic heterocycles. The summed E-state index contributed by atoms with van der Waals surface area (Å²) in [6, 6.07) is 15.8. The second-order valence-corrected chi connectivity index (χ2v) is 6.21. The van der Waals surface area contributed by atoms with E-state index in [9.17, 15) is 4.79 Å². The number of hydrogen-bond donors (Lipinski definition) is 0. The van der Waals surface area contributed by atoms with E-state index in [1.807, 2.05) is 42.5 Å². The second-order valence-electron chi connectivity index (χ2n) is 5.30. The average molecular weight is 379 g/mol. The van der Waals surface area contributed by atoms with Crippen LogP contribution in [0.15, 0.2) is 76.1 Å². The molecule has 2 aromatic carbocycles. The fraction of sp³-hybridized carbons (Fsp3) is 0. The van der Waals surface area contributed by atoms with E-state index in [2.05, 4.69) is 25.9 Å². The highest BCUT2D eigenvalue weighted by molar-refractivity contribution is 9.10. The van der Waals surface area contributed by atoms with Crippen LogP contribution in [0.25, 0.3) is 16.8 Å². The van der Waals surface area contributed by atoms with Gasteiger partial charge in [0.2, 0.25) is 5.90 Å². The molecular formula is C19H11BrN2O2. The first kappa shape index (κ1) is 14.8. The van der Waals surface area contributed by atoms with Crippen LogP contribution in [0.5, 0.6) is 0 Å². The predicted molar refractivity (Wildman–Crippen MR) is 96.5 cm³/mol. The molecule has 0 fully saturated rings. The molecule has 0 unspecified atom stereocenters. The number of ether oxygens (including phenoxy) is 1. The Bertz CT molecular complexity index is 1020. The van der Waals surface area contributed by atoms with Crippen LogP contribution in [0, 0.1) is 0 Å². The number of rotatable bonds is 2. The first-order chi connectivity index (χ1) is 11.7. The number of carbonyl (C=O) groups excluding carboxylic acids is 1. The Kier molecular flexibility index (Phi) is 3.70. The van der Waals surface area contributed by atoms with Crippen molar-refractivity contribution >= 4 is 44.6 Å². The summed E-state index contributed by atoms with van der Waals surface area (Å²) in [6.45, 7) is 0. The Morgan fingerprint density at radius 2 is 1.88 bits per heavy atom. The van der Waals surface area contributed by atoms with Crippen LogP contribution in [-0.2, 0) is 9.53 Å². The third-order valence-corrected chi connectivity index (χ3v) is 4.12. The van der Waals surface area contributed by atoms with Crippen molar-refractivity contribution in [1.82, 2.24) is 4.98 Å². The smallest absolute Gasteiger partial charge is 0.363 e. The average Bonchev–Trinajstić information content (AvgIpc) is 2.96. The number of aliphatic imine (C=N–C) groups is 1. The van der Waals surface area contributed by atoms with Crippen LogP contribution in [-0.4, -0.2) is 16.9 Å². The predicted octanol–water partition coefficient (Wildman–Crippen LogP) is 4.34. The lowest BCUT2D eigenvalue weighted by atomic mass is 10.0. The highest BCUT2D eigenvalue weighted by atomic mass is 79.9. The Labute approximate surface area is 146 Å². The van der Waals surface area contributed by atoms with Gasteiger partial charge in [0.15, 0.2) is 5.70 Å². The molecule has 4 nitrogen and oxygen atoms in total. The summed E-state index contributed by atoms with van der Waals surface area (Å²) in [7, 11) is 0. The van der Waals surface area contributed by atoms with Gasteiger partial charge in [-0.25, -0.2) is 9.79 Å². The quantitative estimate of drug-likeness (QED) is 0.492. The van der Waals surface area contributed by atoms with Crippen LogP contribution in [0.4, 0.5) is 0 Å². The van der Waals surface area contributed by atoms with E-state index in [4.69, 9.17) is 4.74 Å². The number of aromatic nitrogens is 1. The lowest BCUT2D eigenvalue weighted by molar-refractivity contribution is -0.129. The van der Waals surface area contributed by atoms with Crippen molar-refractivity contribution in [3.63, 3.8) is 0 Å². The first-order valence-corrected chi connectivity index (χ1v) is 8.11. The van der Waals surface area contributed by atoms with Crippen molar-refractivity contribution in [3.05, 3.63) is 82.2 Å². The molecule has 5 heteroatoms. The standard InChI is InChI=1S/C19H11BrN2O2/c20-15-8-14(10-21-11-15)18-22-17(19(23)24-18)9-13-6-3-5-12-4-1-2-7-16(12)13/h1-11H/b17-9+. The number of pyridine rings is 1. The lowest BCUT2D eigenvalue weighted by Gasteiger charge is -2.01. The molecule has 0 radical (unpaired) electrons. The monoisotopic (exact) mass is 378 g/mol. The third kappa shape index (κ3) is 2.74. The maximum Gasteiger partial charge on any atom is 0.363 e. The maximum absolute atomic E-state index is 12.1. The summed E-state index contributed by atoms with van der Waals surface area (Å²) < 4.78 is 6.08. The molecule has 0 aliphatic carbocycles. The van der Waals surface area contributed by atoms with Gasteiger partial charge in [0, 0.05) is 16.9 Å². The Morgan fingerprint density at radius 3 is 2.75 bits per heavy atom. The van der Waals surface area contributed by atoms with Crippen molar-refractivity contribution in [2.75, 3.05) is 0 Å². The number of benzene rings is 2. The van der Waals surface area contributed by atoms with Gasteiger partial charge in [-0.05, 0) is 44.4 Å². The molecule has 116 valence electrons. The van der Waals surface area contributed by atoms with Gasteiger partial charge >= 0.3 is 5.97 Å². The SMILES string of the molecule is O=C1OC(c2cncc(Br)c2)=N/C1=C/c1cccc2ccccc12. The minimum atomic E-state index is -0.460. The second kappa shape index (κ2) is 6.02. The van der Waals surface area contributed by atoms with Crippen molar-refractivity contribution < 1.29 is 9.53 Å². The van der Waals surface area contributed by atoms with E-state index in [1.54, 1.807) is 24.5 Å². The summed E-state index contributed by atoms with van der Waals surface area (Å²) in [5.74, 6) is -0.196. The Hall–Kier alpha value is -2.79. The number of cyclic esters (lactones) is 1. The van der Waals surface area contributed by atoms with E-state index in [1.165, 1.54) is 0 Å². The van der Waals surface area contributed by atoms with Gasteiger partial charge in [0.05, 0.1) is 5.56 Å². The van der Waals surface area contributed by atoms with Crippen molar-refractivity contribution in [2.24, 2.45) is 4.99 Å². The maximum atomic E-state index is 12.1. The molecule has 0 amide bonds. The number of carbonyl (C=O) groups is 1. The largest absolute Gasteiger partial charge is 0.402 e. The summed E-state index contributed by atoms with van der Waals surface area (Å²) in [6.07, 6.45) is 5.02. The van der Waals surface area contributed by atoms with Crippen molar-refractivity contribution in [2.45, 2.75) is 0 Å². The Balaban J connectivity index is 1.78. The van der Waals surface area contributed by atoms with Crippen LogP contribution < -0.4 is 0 Å². The molecule has 1 aromatic heterocycles. The highest BCUT2D eigenvalue weighted by Crippen LogP contribution is 2.24. The van der Waals surface area contributed by atoms with Crippen LogP contribution in [0.3, 0.4) is 0 Å². The van der Waals surface area contributed by atoms with Gasteiger partial charge in [-0.1, -0.05) is 42.5 Å². The summed E-state index contributed by atoms with van der Waals surface area (Å²) in [5.41, 5.74) is 1.86. The lowest BCUT2D eigenvalue weighted by Crippen LogP contribution is -2.05. The minimum Gasteiger partial charge on any atom is -0.402 e. The number of esters is 1. The zero-order valence-corrected chi connectivity index (χ0v) is 14.0. The van der Waals surface area contributed by atoms with Crippen LogP contribution >= 0.6 is 15.9 Å². The minimum absolute atomic E-state index is 0.264. The number of nitrogens with zero attached hydrogens (tertiary/aromatic N) is 2. The molecule has 0 saturated carbocycles. The molecule has 0 spiro atoms. The number of hydrogen-bond acceptors (Lipinski definition) is 4. The first-order valence-electron chi connectivity index (χ1n) is 7.32. The summed E-state index contributed by atoms with van der Waals surface area (Å²) in [4.78, 5) is 20.5. The van der Waals surface area contributed by atoms with Crippen LogP contribution in [0.2, 0.25) is 0 Å². The van der Waals surface area contributed by atoms with Gasteiger partial charge in [0.25, 0.3) is 0 Å². The normalized spacial score (nSPS) is 15.6. The molecule has 2 heterocycles. The van der Waals surface area contributed by atoms with Crippen LogP contribution in [0.1, 0.15) is 11.1 Å². The zero-order valence-electron chi connectivity index (χ0n) is 12.4. The van der Waals surface area contributed by atoms with Gasteiger partial charge in [0.1, 0.15) is 0 Å². The third-order valence-electron chi connectivity index (χ3n) is 3.69. The Morgan fingerprint density at radius 1 is 1.04 bits per heavy atom. The molecule has 3 aromatic rings. The number of halogens is 1. The molecule has 0 saturated heterocycles. The van der Waals surface area contributed by atoms with Gasteiger partial charge < -0.3 is 4.74 Å². The molecule has 0 bridgehead atoms. The fourth-order valence-electron chi connectivity index (χ4n) is 2.59. The van der Waals surface area contributed by atoms with Crippen molar-refractivity contribution in [3.8, 4) is 0 Å². The van der Waals surface area contributed by atoms with E-state index < -0.39 is 5.97 Å². The molecule has 4 rings (SSSR count). The highest BCUT2D eigenvalue weighted by Gasteiger charge is 2.24. The topological polar surface area (TPSA) is 51.5 Å². The van der Waals surface area contributed by atoms with Gasteiger partial charge in [-0.15, -0.1) is 0 Å². The number of fused-ring (bicyclic) bond motifs is 1. The van der Waals surface area contributed by atoms with Gasteiger partial charge in [-0.3, -0.25) is 4.98 Å². The molecule has 24 heavy (non-hydrogen) atoms. The zero-order chi connectivity index (χ0) is 16.5. The summed E-state index contributed by atoms with van der Waals surface area (Å²) in [5, 5.41) is 2.17. The van der Waals surface area contributed by atoms with E-state index >= 15 is 0 Å². The van der Waals surface area contributed by atoms with Crippen molar-refractivity contribution in [1.29, 1.82) is 0 Å². The summed E-state index contributed by atoms with van der Waals surface area (Å²) >= 11 is 3.35. The molecule has 0 atom stereocenters. The fourth-order valence-corrected chi connectivity index (χ4v) is 2.95.